The molecule has 1 N–H and O–H groups in total. The van der Waals surface area contributed by atoms with Crippen molar-refractivity contribution in [3.8, 4) is 0 Å². The first-order valence-electron chi connectivity index (χ1n) is 5.45. The van der Waals surface area contributed by atoms with E-state index in [1.54, 1.807) is 12.1 Å². The van der Waals surface area contributed by atoms with Gasteiger partial charge in [-0.2, -0.15) is 0 Å². The third-order valence-electron chi connectivity index (χ3n) is 3.67. The zero-order valence-electron chi connectivity index (χ0n) is 8.34. The second-order valence-electron chi connectivity index (χ2n) is 4.56. The third-order valence-corrected chi connectivity index (χ3v) is 3.98. The molecule has 0 spiro atoms. The minimum absolute atomic E-state index is 0.217. The van der Waals surface area contributed by atoms with Gasteiger partial charge in [0.15, 0.2) is 0 Å². The molecule has 2 bridgehead atoms. The lowest BCUT2D eigenvalue weighted by atomic mass is 9.84. The fraction of sp³-hybridized carbons (Fsp3) is 0.500. The zero-order valence-corrected chi connectivity index (χ0v) is 9.10. The van der Waals surface area contributed by atoms with Gasteiger partial charge >= 0.3 is 0 Å². The van der Waals surface area contributed by atoms with E-state index in [0.29, 0.717) is 18.0 Å². The second-order valence-corrected chi connectivity index (χ2v) is 4.97. The van der Waals surface area contributed by atoms with E-state index in [2.05, 4.69) is 5.32 Å². The fourth-order valence-corrected chi connectivity index (χ4v) is 3.05. The summed E-state index contributed by atoms with van der Waals surface area (Å²) >= 11 is 5.68. The van der Waals surface area contributed by atoms with Gasteiger partial charge in [-0.1, -0.05) is 17.7 Å². The van der Waals surface area contributed by atoms with Crippen LogP contribution in [0.3, 0.4) is 0 Å². The Morgan fingerprint density at radius 1 is 1.33 bits per heavy atom. The zero-order chi connectivity index (χ0) is 10.4. The number of benzene rings is 1. The van der Waals surface area contributed by atoms with E-state index >= 15 is 0 Å². The molecule has 2 aliphatic rings. The Morgan fingerprint density at radius 2 is 2.20 bits per heavy atom. The van der Waals surface area contributed by atoms with E-state index in [1.807, 2.05) is 6.07 Å². The standard InChI is InChI=1S/C12H13ClFN/c13-10-3-1-7(5-11(10)14)9-6-8-2-4-12(9)15-8/h1,3,5,8-9,12,15H,2,4,6H2. The molecule has 3 heteroatoms. The Bertz CT molecular complexity index is 393. The van der Waals surface area contributed by atoms with Crippen LogP contribution in [0.2, 0.25) is 5.02 Å². The normalized spacial score (nSPS) is 33.6. The predicted octanol–water partition coefficient (Wildman–Crippen LogP) is 3.09. The van der Waals surface area contributed by atoms with E-state index in [4.69, 9.17) is 11.6 Å². The average molecular weight is 226 g/mol. The van der Waals surface area contributed by atoms with Crippen LogP contribution >= 0.6 is 11.6 Å². The van der Waals surface area contributed by atoms with Gasteiger partial charge in [-0.05, 0) is 37.0 Å². The fourth-order valence-electron chi connectivity index (χ4n) is 2.94. The summed E-state index contributed by atoms with van der Waals surface area (Å²) in [6.45, 7) is 0. The van der Waals surface area contributed by atoms with Crippen LogP contribution in [0.4, 0.5) is 4.39 Å². The first kappa shape index (κ1) is 9.61. The molecular formula is C12H13ClFN. The van der Waals surface area contributed by atoms with Crippen LogP contribution in [-0.2, 0) is 0 Å². The van der Waals surface area contributed by atoms with Gasteiger partial charge in [0.25, 0.3) is 0 Å². The van der Waals surface area contributed by atoms with Crippen molar-refractivity contribution in [1.82, 2.24) is 5.32 Å². The summed E-state index contributed by atoms with van der Waals surface area (Å²) in [4.78, 5) is 0. The van der Waals surface area contributed by atoms with Crippen molar-refractivity contribution in [3.63, 3.8) is 0 Å². The Balaban J connectivity index is 1.90. The van der Waals surface area contributed by atoms with Crippen molar-refractivity contribution in [2.45, 2.75) is 37.3 Å². The molecule has 0 amide bonds. The molecule has 1 aromatic rings. The minimum Gasteiger partial charge on any atom is -0.311 e. The molecule has 2 fully saturated rings. The lowest BCUT2D eigenvalue weighted by molar-refractivity contribution is 0.503. The molecule has 2 saturated heterocycles. The Labute approximate surface area is 93.6 Å². The van der Waals surface area contributed by atoms with Crippen molar-refractivity contribution < 1.29 is 4.39 Å². The smallest absolute Gasteiger partial charge is 0.142 e. The van der Waals surface area contributed by atoms with Crippen LogP contribution in [0.5, 0.6) is 0 Å². The highest BCUT2D eigenvalue weighted by Gasteiger charge is 2.39. The molecule has 0 saturated carbocycles. The van der Waals surface area contributed by atoms with Gasteiger partial charge in [0.2, 0.25) is 0 Å². The van der Waals surface area contributed by atoms with E-state index in [9.17, 15) is 4.39 Å². The highest BCUT2D eigenvalue weighted by atomic mass is 35.5. The van der Waals surface area contributed by atoms with Crippen molar-refractivity contribution in [2.24, 2.45) is 0 Å². The van der Waals surface area contributed by atoms with Crippen LogP contribution < -0.4 is 5.32 Å². The lowest BCUT2D eigenvalue weighted by Crippen LogP contribution is -2.21. The van der Waals surface area contributed by atoms with Gasteiger partial charge in [-0.3, -0.25) is 0 Å². The van der Waals surface area contributed by atoms with Crippen LogP contribution in [0.15, 0.2) is 18.2 Å². The van der Waals surface area contributed by atoms with Gasteiger partial charge in [-0.15, -0.1) is 0 Å². The number of hydrogen-bond donors (Lipinski definition) is 1. The molecule has 1 aromatic carbocycles. The quantitative estimate of drug-likeness (QED) is 0.775. The van der Waals surface area contributed by atoms with E-state index in [-0.39, 0.29) is 10.8 Å². The maximum absolute atomic E-state index is 13.3. The van der Waals surface area contributed by atoms with Gasteiger partial charge < -0.3 is 5.32 Å². The monoisotopic (exact) mass is 225 g/mol. The number of halogens is 2. The largest absolute Gasteiger partial charge is 0.311 e. The first-order valence-corrected chi connectivity index (χ1v) is 5.83. The summed E-state index contributed by atoms with van der Waals surface area (Å²) in [5, 5.41) is 3.77. The topological polar surface area (TPSA) is 12.0 Å². The van der Waals surface area contributed by atoms with Crippen LogP contribution in [0.1, 0.15) is 30.7 Å². The highest BCUT2D eigenvalue weighted by molar-refractivity contribution is 6.30. The number of rotatable bonds is 1. The van der Waals surface area contributed by atoms with Crippen molar-refractivity contribution >= 4 is 11.6 Å². The van der Waals surface area contributed by atoms with Crippen molar-refractivity contribution in [1.29, 1.82) is 0 Å². The average Bonchev–Trinajstić information content (AvgIpc) is 2.83. The molecule has 3 atom stereocenters. The summed E-state index contributed by atoms with van der Waals surface area (Å²) in [6.07, 6.45) is 3.64. The molecule has 1 nitrogen and oxygen atoms in total. The Hall–Kier alpha value is -0.600. The number of fused-ring (bicyclic) bond motifs is 2. The third kappa shape index (κ3) is 1.56. The van der Waals surface area contributed by atoms with Gasteiger partial charge in [0.05, 0.1) is 5.02 Å². The van der Waals surface area contributed by atoms with Gasteiger partial charge in [0.1, 0.15) is 5.82 Å². The second kappa shape index (κ2) is 3.46. The molecule has 80 valence electrons. The van der Waals surface area contributed by atoms with Crippen LogP contribution in [0, 0.1) is 5.82 Å². The summed E-state index contributed by atoms with van der Waals surface area (Å²) < 4.78 is 13.3. The van der Waals surface area contributed by atoms with Gasteiger partial charge in [0, 0.05) is 18.0 Å². The molecule has 0 aromatic heterocycles. The molecule has 3 rings (SSSR count). The van der Waals surface area contributed by atoms with E-state index < -0.39 is 0 Å². The number of hydrogen-bond acceptors (Lipinski definition) is 1. The summed E-state index contributed by atoms with van der Waals surface area (Å²) in [5.74, 6) is 0.187. The molecule has 15 heavy (non-hydrogen) atoms. The van der Waals surface area contributed by atoms with E-state index in [0.717, 1.165) is 12.0 Å². The SMILES string of the molecule is Fc1cc(C2CC3CCC2N3)ccc1Cl. The lowest BCUT2D eigenvalue weighted by Gasteiger charge is -2.20. The van der Waals surface area contributed by atoms with E-state index in [1.165, 1.54) is 12.8 Å². The van der Waals surface area contributed by atoms with Crippen LogP contribution in [0.25, 0.3) is 0 Å². The molecule has 0 radical (unpaired) electrons. The number of nitrogens with one attached hydrogen (secondary N) is 1. The van der Waals surface area contributed by atoms with Crippen LogP contribution in [-0.4, -0.2) is 12.1 Å². The molecular weight excluding hydrogens is 213 g/mol. The van der Waals surface area contributed by atoms with Crippen molar-refractivity contribution in [3.05, 3.63) is 34.6 Å². The molecule has 0 aliphatic carbocycles. The molecule has 3 unspecified atom stereocenters. The first-order chi connectivity index (χ1) is 7.24. The predicted molar refractivity (Wildman–Crippen MR) is 58.7 cm³/mol. The molecule has 2 aliphatic heterocycles. The highest BCUT2D eigenvalue weighted by Crippen LogP contribution is 2.40. The van der Waals surface area contributed by atoms with Crippen molar-refractivity contribution in [2.75, 3.05) is 0 Å². The maximum Gasteiger partial charge on any atom is 0.142 e. The minimum atomic E-state index is -0.294. The summed E-state index contributed by atoms with van der Waals surface area (Å²) in [6, 6.07) is 6.42. The van der Waals surface area contributed by atoms with Gasteiger partial charge in [-0.25, -0.2) is 4.39 Å². The summed E-state index contributed by atoms with van der Waals surface area (Å²) in [7, 11) is 0. The maximum atomic E-state index is 13.3. The molecule has 2 heterocycles. The Morgan fingerprint density at radius 3 is 2.80 bits per heavy atom. The Kier molecular flexibility index (Phi) is 2.22. The summed E-state index contributed by atoms with van der Waals surface area (Å²) in [5.41, 5.74) is 1.09.